The number of imide groups is 1. The fourth-order valence-electron chi connectivity index (χ4n) is 2.72. The first-order valence-electron chi connectivity index (χ1n) is 8.89. The predicted molar refractivity (Wildman–Crippen MR) is 117 cm³/mol. The molecule has 1 heterocycles. The van der Waals surface area contributed by atoms with Gasteiger partial charge in [-0.05, 0) is 54.6 Å². The minimum Gasteiger partial charge on any atom is -0.504 e. The molecule has 0 saturated carbocycles. The van der Waals surface area contributed by atoms with Crippen LogP contribution in [0.4, 0.5) is 10.5 Å². The number of phenols is 1. The summed E-state index contributed by atoms with van der Waals surface area (Å²) in [5, 5.41) is 20.0. The standard InChI is InChI=1S/C20H15BrN2O7S/c1-2-30-17-7-12(14(21)9-15(17)24)8-18-19(26)22(20(27)31-18)10-16(25)11-3-5-13(6-4-11)23(28)29/h3-9,24H,2,10H2,1H3/b18-8-. The number of Topliss-reactive ketones (excluding diaryl/α,β-unsaturated/α-hetero) is 1. The van der Waals surface area contributed by atoms with E-state index in [0.29, 0.717) is 28.4 Å². The highest BCUT2D eigenvalue weighted by Crippen LogP contribution is 2.37. The molecule has 9 nitrogen and oxygen atoms in total. The summed E-state index contributed by atoms with van der Waals surface area (Å²) in [6.07, 6.45) is 1.47. The minimum atomic E-state index is -0.636. The molecule has 0 aliphatic carbocycles. The van der Waals surface area contributed by atoms with Gasteiger partial charge in [0, 0.05) is 22.2 Å². The maximum absolute atomic E-state index is 12.7. The Morgan fingerprint density at radius 3 is 2.58 bits per heavy atom. The van der Waals surface area contributed by atoms with Gasteiger partial charge in [-0.3, -0.25) is 29.4 Å². The predicted octanol–water partition coefficient (Wildman–Crippen LogP) is 4.38. The van der Waals surface area contributed by atoms with E-state index in [2.05, 4.69) is 15.9 Å². The molecule has 3 rings (SSSR count). The maximum Gasteiger partial charge on any atom is 0.293 e. The van der Waals surface area contributed by atoms with E-state index < -0.39 is 28.4 Å². The number of non-ortho nitro benzene ring substituents is 1. The van der Waals surface area contributed by atoms with E-state index in [0.717, 1.165) is 4.90 Å². The molecule has 1 saturated heterocycles. The van der Waals surface area contributed by atoms with Crippen LogP contribution in [0, 0.1) is 10.1 Å². The Morgan fingerprint density at radius 1 is 1.29 bits per heavy atom. The first kappa shape index (κ1) is 22.5. The molecule has 1 N–H and O–H groups in total. The van der Waals surface area contributed by atoms with Crippen molar-refractivity contribution < 1.29 is 29.2 Å². The smallest absolute Gasteiger partial charge is 0.293 e. The number of ether oxygens (including phenoxy) is 1. The Balaban J connectivity index is 1.80. The summed E-state index contributed by atoms with van der Waals surface area (Å²) < 4.78 is 5.82. The van der Waals surface area contributed by atoms with Crippen molar-refractivity contribution in [3.05, 3.63) is 67.0 Å². The number of hydrogen-bond donors (Lipinski definition) is 1. The summed E-state index contributed by atoms with van der Waals surface area (Å²) in [5.74, 6) is -1.01. The second-order valence-electron chi connectivity index (χ2n) is 6.27. The summed E-state index contributed by atoms with van der Waals surface area (Å²) in [4.78, 5) is 48.5. The number of thioether (sulfide) groups is 1. The molecule has 0 unspecified atom stereocenters. The van der Waals surface area contributed by atoms with Crippen LogP contribution in [0.3, 0.4) is 0 Å². The molecule has 160 valence electrons. The highest BCUT2D eigenvalue weighted by atomic mass is 79.9. The van der Waals surface area contributed by atoms with Gasteiger partial charge < -0.3 is 9.84 Å². The zero-order valence-corrected chi connectivity index (χ0v) is 18.4. The van der Waals surface area contributed by atoms with Crippen LogP contribution in [-0.4, -0.2) is 45.0 Å². The first-order chi connectivity index (χ1) is 14.7. The Kier molecular flexibility index (Phi) is 6.76. The molecule has 0 bridgehead atoms. The molecule has 0 spiro atoms. The van der Waals surface area contributed by atoms with Crippen molar-refractivity contribution in [3.8, 4) is 11.5 Å². The number of aromatic hydroxyl groups is 1. The van der Waals surface area contributed by atoms with Gasteiger partial charge in [0.2, 0.25) is 0 Å². The van der Waals surface area contributed by atoms with Gasteiger partial charge in [-0.1, -0.05) is 15.9 Å². The number of ketones is 1. The number of halogens is 1. The first-order valence-corrected chi connectivity index (χ1v) is 10.5. The normalized spacial score (nSPS) is 14.9. The largest absolute Gasteiger partial charge is 0.504 e. The van der Waals surface area contributed by atoms with E-state index in [1.54, 1.807) is 6.92 Å². The zero-order chi connectivity index (χ0) is 22.7. The van der Waals surface area contributed by atoms with Crippen molar-refractivity contribution in [1.82, 2.24) is 4.90 Å². The van der Waals surface area contributed by atoms with Crippen molar-refractivity contribution in [1.29, 1.82) is 0 Å². The Labute approximate surface area is 189 Å². The van der Waals surface area contributed by atoms with E-state index in [1.807, 2.05) is 0 Å². The summed E-state index contributed by atoms with van der Waals surface area (Å²) in [6, 6.07) is 7.85. The number of nitrogens with zero attached hydrogens (tertiary/aromatic N) is 2. The number of hydrogen-bond acceptors (Lipinski definition) is 8. The van der Waals surface area contributed by atoms with Crippen LogP contribution in [0.5, 0.6) is 11.5 Å². The van der Waals surface area contributed by atoms with E-state index in [9.17, 15) is 29.6 Å². The molecule has 0 radical (unpaired) electrons. The lowest BCUT2D eigenvalue weighted by atomic mass is 10.1. The van der Waals surface area contributed by atoms with Crippen molar-refractivity contribution in [2.75, 3.05) is 13.2 Å². The van der Waals surface area contributed by atoms with Crippen LogP contribution in [0.1, 0.15) is 22.8 Å². The Bertz CT molecular complexity index is 1120. The monoisotopic (exact) mass is 506 g/mol. The fraction of sp³-hybridized carbons (Fsp3) is 0.150. The quantitative estimate of drug-likeness (QED) is 0.253. The third-order valence-corrected chi connectivity index (χ3v) is 5.83. The van der Waals surface area contributed by atoms with Crippen LogP contribution in [0.15, 0.2) is 45.8 Å². The number of amides is 2. The zero-order valence-electron chi connectivity index (χ0n) is 16.0. The molecule has 11 heteroatoms. The number of carbonyl (C=O) groups excluding carboxylic acids is 3. The highest BCUT2D eigenvalue weighted by Gasteiger charge is 2.36. The van der Waals surface area contributed by atoms with Crippen molar-refractivity contribution in [3.63, 3.8) is 0 Å². The lowest BCUT2D eigenvalue weighted by Crippen LogP contribution is -2.33. The average Bonchev–Trinajstić information content (AvgIpc) is 2.99. The van der Waals surface area contributed by atoms with Gasteiger partial charge in [0.1, 0.15) is 0 Å². The maximum atomic E-state index is 12.7. The molecule has 1 aliphatic heterocycles. The molecule has 0 atom stereocenters. The van der Waals surface area contributed by atoms with Gasteiger partial charge in [-0.15, -0.1) is 0 Å². The van der Waals surface area contributed by atoms with E-state index >= 15 is 0 Å². The van der Waals surface area contributed by atoms with Gasteiger partial charge in [-0.2, -0.15) is 0 Å². The van der Waals surface area contributed by atoms with Crippen LogP contribution in [-0.2, 0) is 4.79 Å². The number of nitro benzene ring substituents is 1. The van der Waals surface area contributed by atoms with E-state index in [-0.39, 0.29) is 27.7 Å². The highest BCUT2D eigenvalue weighted by molar-refractivity contribution is 9.10. The molecule has 2 aromatic rings. The number of rotatable bonds is 7. The molecule has 0 aromatic heterocycles. The fourth-order valence-corrected chi connectivity index (χ4v) is 4.00. The van der Waals surface area contributed by atoms with Crippen molar-refractivity contribution in [2.24, 2.45) is 0 Å². The lowest BCUT2D eigenvalue weighted by molar-refractivity contribution is -0.384. The number of nitro groups is 1. The van der Waals surface area contributed by atoms with E-state index in [1.165, 1.54) is 42.5 Å². The third kappa shape index (κ3) is 4.94. The topological polar surface area (TPSA) is 127 Å². The average molecular weight is 507 g/mol. The minimum absolute atomic E-state index is 0.0762. The molecule has 31 heavy (non-hydrogen) atoms. The van der Waals surface area contributed by atoms with Crippen LogP contribution in [0.2, 0.25) is 0 Å². The molecule has 2 aromatic carbocycles. The van der Waals surface area contributed by atoms with Crippen LogP contribution in [0.25, 0.3) is 6.08 Å². The molecule has 2 amide bonds. The van der Waals surface area contributed by atoms with Gasteiger partial charge in [0.05, 0.1) is 23.0 Å². The number of carbonyl (C=O) groups is 3. The Hall–Kier alpha value is -3.18. The molecular formula is C20H15BrN2O7S. The second-order valence-corrected chi connectivity index (χ2v) is 8.12. The summed E-state index contributed by atoms with van der Waals surface area (Å²) in [5.41, 5.74) is 0.487. The van der Waals surface area contributed by atoms with Crippen LogP contribution < -0.4 is 4.74 Å². The number of benzene rings is 2. The summed E-state index contributed by atoms with van der Waals surface area (Å²) in [7, 11) is 0. The van der Waals surface area contributed by atoms with Crippen molar-refractivity contribution >= 4 is 56.4 Å². The van der Waals surface area contributed by atoms with Crippen LogP contribution >= 0.6 is 27.7 Å². The third-order valence-electron chi connectivity index (χ3n) is 4.24. The van der Waals surface area contributed by atoms with Crippen molar-refractivity contribution in [2.45, 2.75) is 6.92 Å². The van der Waals surface area contributed by atoms with Gasteiger partial charge in [0.15, 0.2) is 17.3 Å². The van der Waals surface area contributed by atoms with Gasteiger partial charge in [0.25, 0.3) is 16.8 Å². The SMILES string of the molecule is CCOc1cc(/C=C2\SC(=O)N(CC(=O)c3ccc([N+](=O)[O-])cc3)C2=O)c(Br)cc1O. The number of phenolic OH excluding ortho intramolecular Hbond substituents is 1. The van der Waals surface area contributed by atoms with Gasteiger partial charge in [-0.25, -0.2) is 0 Å². The molecular weight excluding hydrogens is 492 g/mol. The van der Waals surface area contributed by atoms with Gasteiger partial charge >= 0.3 is 0 Å². The Morgan fingerprint density at radius 2 is 1.97 bits per heavy atom. The lowest BCUT2D eigenvalue weighted by Gasteiger charge is -2.11. The molecule has 1 fully saturated rings. The summed E-state index contributed by atoms with van der Waals surface area (Å²) in [6.45, 7) is 1.60. The second kappa shape index (κ2) is 9.31. The molecule has 1 aliphatic rings. The van der Waals surface area contributed by atoms with E-state index in [4.69, 9.17) is 4.74 Å². The summed E-state index contributed by atoms with van der Waals surface area (Å²) >= 11 is 3.98.